The van der Waals surface area contributed by atoms with Gasteiger partial charge in [-0.05, 0) is 42.5 Å². The first-order valence-corrected chi connectivity index (χ1v) is 11.4. The molecule has 13 heteroatoms. The molecule has 2 amide bonds. The SMILES string of the molecule is O=C1CN(S(=O)(=O)c2cccc(C(=O)Nc3cc(C(F)(F)F)ccc3-n3cccn3)c2)CCN1. The van der Waals surface area contributed by atoms with E-state index in [1.165, 1.54) is 41.3 Å². The van der Waals surface area contributed by atoms with Gasteiger partial charge in [-0.1, -0.05) is 6.07 Å². The first kappa shape index (κ1) is 23.4. The van der Waals surface area contributed by atoms with E-state index < -0.39 is 33.6 Å². The Morgan fingerprint density at radius 1 is 1.12 bits per heavy atom. The summed E-state index contributed by atoms with van der Waals surface area (Å²) in [5, 5.41) is 8.94. The zero-order valence-electron chi connectivity index (χ0n) is 17.4. The van der Waals surface area contributed by atoms with Crippen LogP contribution in [0.15, 0.2) is 65.8 Å². The molecule has 1 aliphatic heterocycles. The minimum atomic E-state index is -4.64. The van der Waals surface area contributed by atoms with Crippen molar-refractivity contribution in [2.45, 2.75) is 11.1 Å². The Morgan fingerprint density at radius 2 is 1.91 bits per heavy atom. The number of benzene rings is 2. The van der Waals surface area contributed by atoms with Gasteiger partial charge >= 0.3 is 6.18 Å². The molecule has 0 saturated carbocycles. The van der Waals surface area contributed by atoms with Gasteiger partial charge in [0, 0.05) is 31.0 Å². The molecule has 2 heterocycles. The summed E-state index contributed by atoms with van der Waals surface area (Å²) in [5.41, 5.74) is -1.04. The number of alkyl halides is 3. The van der Waals surface area contributed by atoms with Crippen molar-refractivity contribution < 1.29 is 31.2 Å². The van der Waals surface area contributed by atoms with E-state index in [-0.39, 0.29) is 41.5 Å². The largest absolute Gasteiger partial charge is 0.416 e. The number of aromatic nitrogens is 2. The highest BCUT2D eigenvalue weighted by Crippen LogP contribution is 2.33. The molecule has 0 aliphatic carbocycles. The normalized spacial score (nSPS) is 15.1. The molecule has 0 unspecified atom stereocenters. The van der Waals surface area contributed by atoms with Crippen LogP contribution in [-0.4, -0.2) is 54.0 Å². The number of rotatable bonds is 5. The second-order valence-electron chi connectivity index (χ2n) is 7.35. The van der Waals surface area contributed by atoms with Gasteiger partial charge in [0.2, 0.25) is 15.9 Å². The highest BCUT2D eigenvalue weighted by atomic mass is 32.2. The topological polar surface area (TPSA) is 113 Å². The van der Waals surface area contributed by atoms with Gasteiger partial charge in [0.25, 0.3) is 5.91 Å². The number of hydrogen-bond donors (Lipinski definition) is 2. The molecule has 3 aromatic rings. The number of piperazine rings is 1. The average Bonchev–Trinajstić information content (AvgIpc) is 3.33. The molecular formula is C21H18F3N5O4S. The van der Waals surface area contributed by atoms with Crippen molar-refractivity contribution in [2.75, 3.05) is 25.0 Å². The van der Waals surface area contributed by atoms with Gasteiger partial charge in [0.1, 0.15) is 0 Å². The number of amides is 2. The molecule has 1 saturated heterocycles. The molecule has 0 atom stereocenters. The molecule has 4 rings (SSSR count). The van der Waals surface area contributed by atoms with Crippen LogP contribution in [0.4, 0.5) is 18.9 Å². The van der Waals surface area contributed by atoms with Gasteiger partial charge in [0.15, 0.2) is 0 Å². The van der Waals surface area contributed by atoms with E-state index >= 15 is 0 Å². The fraction of sp³-hybridized carbons (Fsp3) is 0.190. The predicted molar refractivity (Wildman–Crippen MR) is 115 cm³/mol. The maximum absolute atomic E-state index is 13.3. The Balaban J connectivity index is 1.65. The molecule has 178 valence electrons. The maximum atomic E-state index is 13.3. The van der Waals surface area contributed by atoms with Crippen molar-refractivity contribution in [1.29, 1.82) is 0 Å². The Kier molecular flexibility index (Phi) is 6.15. The zero-order valence-corrected chi connectivity index (χ0v) is 18.2. The molecule has 9 nitrogen and oxygen atoms in total. The van der Waals surface area contributed by atoms with Gasteiger partial charge in [-0.3, -0.25) is 9.59 Å². The predicted octanol–water partition coefficient (Wildman–Crippen LogP) is 2.26. The van der Waals surface area contributed by atoms with Crippen molar-refractivity contribution in [3.8, 4) is 5.69 Å². The number of nitrogens with zero attached hydrogens (tertiary/aromatic N) is 3. The van der Waals surface area contributed by atoms with E-state index in [1.54, 1.807) is 6.07 Å². The highest BCUT2D eigenvalue weighted by Gasteiger charge is 2.32. The molecule has 2 N–H and O–H groups in total. The average molecular weight is 493 g/mol. The summed E-state index contributed by atoms with van der Waals surface area (Å²) in [6, 6.07) is 9.45. The smallest absolute Gasteiger partial charge is 0.354 e. The lowest BCUT2D eigenvalue weighted by molar-refractivity contribution is -0.137. The van der Waals surface area contributed by atoms with Crippen molar-refractivity contribution >= 4 is 27.5 Å². The fourth-order valence-corrected chi connectivity index (χ4v) is 4.83. The number of halogens is 3. The molecule has 0 radical (unpaired) electrons. The Bertz CT molecular complexity index is 1340. The molecule has 1 fully saturated rings. The van der Waals surface area contributed by atoms with E-state index in [1.807, 2.05) is 0 Å². The first-order valence-electron chi connectivity index (χ1n) is 9.95. The van der Waals surface area contributed by atoms with Crippen LogP contribution in [0.2, 0.25) is 0 Å². The van der Waals surface area contributed by atoms with Crippen molar-refractivity contribution in [2.24, 2.45) is 0 Å². The Morgan fingerprint density at radius 3 is 2.59 bits per heavy atom. The van der Waals surface area contributed by atoms with Crippen molar-refractivity contribution in [3.63, 3.8) is 0 Å². The Hall–Kier alpha value is -3.71. The van der Waals surface area contributed by atoms with E-state index in [2.05, 4.69) is 15.7 Å². The fourth-order valence-electron chi connectivity index (χ4n) is 3.39. The molecule has 0 spiro atoms. The van der Waals surface area contributed by atoms with Crippen LogP contribution in [0, 0.1) is 0 Å². The third-order valence-corrected chi connectivity index (χ3v) is 6.90. The summed E-state index contributed by atoms with van der Waals surface area (Å²) in [6.45, 7) is -0.123. The summed E-state index contributed by atoms with van der Waals surface area (Å²) in [4.78, 5) is 24.3. The van der Waals surface area contributed by atoms with Gasteiger partial charge in [0.05, 0.1) is 28.4 Å². The number of anilines is 1. The van der Waals surface area contributed by atoms with Crippen molar-refractivity contribution in [3.05, 3.63) is 72.1 Å². The molecular weight excluding hydrogens is 475 g/mol. The molecule has 34 heavy (non-hydrogen) atoms. The third kappa shape index (κ3) is 4.79. The summed E-state index contributed by atoms with van der Waals surface area (Å²) < 4.78 is 67.9. The third-order valence-electron chi connectivity index (χ3n) is 5.06. The summed E-state index contributed by atoms with van der Waals surface area (Å²) >= 11 is 0. The number of carbonyl (C=O) groups excluding carboxylic acids is 2. The quantitative estimate of drug-likeness (QED) is 0.566. The number of hydrogen-bond acceptors (Lipinski definition) is 5. The first-order chi connectivity index (χ1) is 16.1. The van der Waals surface area contributed by atoms with Gasteiger partial charge in [-0.25, -0.2) is 13.1 Å². The van der Waals surface area contributed by atoms with E-state index in [0.717, 1.165) is 22.5 Å². The lowest BCUT2D eigenvalue weighted by atomic mass is 10.1. The maximum Gasteiger partial charge on any atom is 0.416 e. The summed E-state index contributed by atoms with van der Waals surface area (Å²) in [7, 11) is -4.06. The highest BCUT2D eigenvalue weighted by molar-refractivity contribution is 7.89. The molecule has 0 bridgehead atoms. The zero-order chi connectivity index (χ0) is 24.5. The van der Waals surface area contributed by atoms with Crippen LogP contribution in [0.1, 0.15) is 15.9 Å². The second kappa shape index (κ2) is 8.91. The van der Waals surface area contributed by atoms with E-state index in [4.69, 9.17) is 0 Å². The minimum Gasteiger partial charge on any atom is -0.354 e. The van der Waals surface area contributed by atoms with Crippen LogP contribution in [0.3, 0.4) is 0 Å². The molecule has 1 aliphatic rings. The monoisotopic (exact) mass is 493 g/mol. The lowest BCUT2D eigenvalue weighted by Crippen LogP contribution is -2.49. The van der Waals surface area contributed by atoms with E-state index in [9.17, 15) is 31.2 Å². The molecule has 2 aromatic carbocycles. The van der Waals surface area contributed by atoms with Gasteiger partial charge in [-0.2, -0.15) is 22.6 Å². The summed E-state index contributed by atoms with van der Waals surface area (Å²) in [6.07, 6.45) is -1.71. The number of carbonyl (C=O) groups is 2. The van der Waals surface area contributed by atoms with Crippen LogP contribution in [0.25, 0.3) is 5.69 Å². The standard InChI is InChI=1S/C21H18F3N5O4S/c22-21(23,24)15-5-6-18(29-9-2-7-26-29)17(12-15)27-20(31)14-3-1-4-16(11-14)34(32,33)28-10-8-25-19(30)13-28/h1-7,9,11-12H,8,10,13H2,(H,25,30)(H,27,31). The van der Waals surface area contributed by atoms with Crippen molar-refractivity contribution in [1.82, 2.24) is 19.4 Å². The van der Waals surface area contributed by atoms with Gasteiger partial charge in [-0.15, -0.1) is 0 Å². The number of sulfonamides is 1. The molecule has 1 aromatic heterocycles. The minimum absolute atomic E-state index is 0.0714. The van der Waals surface area contributed by atoms with Crippen LogP contribution in [0.5, 0.6) is 0 Å². The van der Waals surface area contributed by atoms with Crippen LogP contribution < -0.4 is 10.6 Å². The van der Waals surface area contributed by atoms with Gasteiger partial charge < -0.3 is 10.6 Å². The lowest BCUT2D eigenvalue weighted by Gasteiger charge is -2.26. The summed E-state index contributed by atoms with van der Waals surface area (Å²) in [5.74, 6) is -1.26. The Labute approximate surface area is 192 Å². The second-order valence-corrected chi connectivity index (χ2v) is 9.29. The van der Waals surface area contributed by atoms with Crippen LogP contribution >= 0.6 is 0 Å². The van der Waals surface area contributed by atoms with E-state index in [0.29, 0.717) is 0 Å². The van der Waals surface area contributed by atoms with Crippen LogP contribution in [-0.2, 0) is 21.0 Å². The number of nitrogens with one attached hydrogen (secondary N) is 2.